The van der Waals surface area contributed by atoms with E-state index in [0.717, 1.165) is 25.7 Å². The number of rotatable bonds is 32. The lowest BCUT2D eigenvalue weighted by atomic mass is 9.99. The third-order valence-corrected chi connectivity index (χ3v) is 9.53. The first-order valence-corrected chi connectivity index (χ1v) is 20.1. The molecule has 0 aromatic rings. The first kappa shape index (κ1) is 45.7. The number of carbonyl (C=O) groups excluding carboxylic acids is 1. The minimum absolute atomic E-state index is 0.203. The molecule has 0 bridgehead atoms. The number of carbonyl (C=O) groups is 1. The van der Waals surface area contributed by atoms with Crippen molar-refractivity contribution in [3.63, 3.8) is 0 Å². The standard InChI is InChI=1S/C40H75NO8/c1-3-5-7-8-9-10-11-12-13-14-15-16-17-18-19-20-21-22-23-24-25-26-27-28-29-34(43)33(41-36(44)30-6-4-2)32-48-40-39(47)38(46)37(45)35(31-42)49-40/h24-25,28-29,33-35,37-40,42-43,45-47H,3-23,26-27,30-32H2,1-2H3,(H,41,44)/b25-24+,29-28+. The number of aliphatic hydroxyl groups is 5. The van der Waals surface area contributed by atoms with Gasteiger partial charge in [0.15, 0.2) is 6.29 Å². The predicted octanol–water partition coefficient (Wildman–Crippen LogP) is 7.16. The van der Waals surface area contributed by atoms with Crippen LogP contribution < -0.4 is 5.32 Å². The molecule has 1 heterocycles. The van der Waals surface area contributed by atoms with Crippen LogP contribution in [0.15, 0.2) is 24.3 Å². The van der Waals surface area contributed by atoms with Gasteiger partial charge in [0.25, 0.3) is 0 Å². The topological polar surface area (TPSA) is 149 Å². The van der Waals surface area contributed by atoms with Crippen molar-refractivity contribution in [3.8, 4) is 0 Å². The molecule has 1 fully saturated rings. The molecule has 1 amide bonds. The van der Waals surface area contributed by atoms with E-state index < -0.39 is 49.5 Å². The Hall–Kier alpha value is -1.33. The minimum atomic E-state index is -1.56. The molecule has 9 heteroatoms. The fraction of sp³-hybridized carbons (Fsp3) is 0.875. The van der Waals surface area contributed by atoms with Crippen molar-refractivity contribution in [2.75, 3.05) is 13.2 Å². The lowest BCUT2D eigenvalue weighted by Crippen LogP contribution is -2.60. The molecule has 1 aliphatic heterocycles. The second kappa shape index (κ2) is 31.4. The number of hydrogen-bond acceptors (Lipinski definition) is 8. The van der Waals surface area contributed by atoms with Gasteiger partial charge in [0, 0.05) is 6.42 Å². The summed E-state index contributed by atoms with van der Waals surface area (Å²) in [6.07, 6.45) is 29.3. The maximum absolute atomic E-state index is 12.4. The second-order valence-electron chi connectivity index (χ2n) is 14.1. The Labute approximate surface area is 298 Å². The fourth-order valence-corrected chi connectivity index (χ4v) is 6.21. The zero-order valence-electron chi connectivity index (χ0n) is 31.2. The number of allylic oxidation sites excluding steroid dienone is 3. The number of nitrogens with one attached hydrogen (secondary N) is 1. The van der Waals surface area contributed by atoms with E-state index in [9.17, 15) is 30.3 Å². The molecule has 0 aromatic carbocycles. The molecular weight excluding hydrogens is 622 g/mol. The van der Waals surface area contributed by atoms with E-state index in [-0.39, 0.29) is 12.5 Å². The number of amides is 1. The first-order valence-electron chi connectivity index (χ1n) is 20.1. The van der Waals surface area contributed by atoms with Gasteiger partial charge in [0.1, 0.15) is 24.4 Å². The average molecular weight is 698 g/mol. The average Bonchev–Trinajstić information content (AvgIpc) is 3.10. The number of aliphatic hydroxyl groups excluding tert-OH is 5. The highest BCUT2D eigenvalue weighted by molar-refractivity contribution is 5.76. The summed E-state index contributed by atoms with van der Waals surface area (Å²) in [5.41, 5.74) is 0. The molecule has 9 nitrogen and oxygen atoms in total. The first-order chi connectivity index (χ1) is 23.8. The highest BCUT2D eigenvalue weighted by atomic mass is 16.7. The molecule has 7 unspecified atom stereocenters. The van der Waals surface area contributed by atoms with E-state index in [1.807, 2.05) is 13.0 Å². The summed E-state index contributed by atoms with van der Waals surface area (Å²) >= 11 is 0. The molecular formula is C40H75NO8. The lowest BCUT2D eigenvalue weighted by molar-refractivity contribution is -0.302. The van der Waals surface area contributed by atoms with Crippen LogP contribution in [-0.4, -0.2) is 87.5 Å². The number of hydrogen-bond donors (Lipinski definition) is 6. The maximum atomic E-state index is 12.4. The fourth-order valence-electron chi connectivity index (χ4n) is 6.21. The van der Waals surface area contributed by atoms with E-state index in [1.165, 1.54) is 116 Å². The van der Waals surface area contributed by atoms with E-state index in [4.69, 9.17) is 9.47 Å². The van der Waals surface area contributed by atoms with Gasteiger partial charge in [0.05, 0.1) is 25.4 Å². The highest BCUT2D eigenvalue weighted by Gasteiger charge is 2.44. The van der Waals surface area contributed by atoms with E-state index in [0.29, 0.717) is 12.8 Å². The van der Waals surface area contributed by atoms with Crippen LogP contribution in [0, 0.1) is 0 Å². The van der Waals surface area contributed by atoms with E-state index >= 15 is 0 Å². The predicted molar refractivity (Wildman–Crippen MR) is 198 cm³/mol. The van der Waals surface area contributed by atoms with Gasteiger partial charge in [-0.2, -0.15) is 0 Å². The molecule has 49 heavy (non-hydrogen) atoms. The van der Waals surface area contributed by atoms with Gasteiger partial charge in [-0.25, -0.2) is 0 Å². The van der Waals surface area contributed by atoms with Gasteiger partial charge < -0.3 is 40.3 Å². The van der Waals surface area contributed by atoms with Crippen molar-refractivity contribution in [2.24, 2.45) is 0 Å². The van der Waals surface area contributed by atoms with Crippen LogP contribution in [0.5, 0.6) is 0 Å². The molecule has 1 saturated heterocycles. The van der Waals surface area contributed by atoms with Gasteiger partial charge in [-0.3, -0.25) is 4.79 Å². The Morgan fingerprint density at radius 3 is 1.69 bits per heavy atom. The summed E-state index contributed by atoms with van der Waals surface area (Å²) < 4.78 is 11.0. The van der Waals surface area contributed by atoms with Crippen molar-refractivity contribution in [1.82, 2.24) is 5.32 Å². The van der Waals surface area contributed by atoms with E-state index in [2.05, 4.69) is 24.4 Å². The summed E-state index contributed by atoms with van der Waals surface area (Å²) in [5, 5.41) is 53.3. The summed E-state index contributed by atoms with van der Waals surface area (Å²) in [7, 11) is 0. The van der Waals surface area contributed by atoms with Crippen LogP contribution in [-0.2, 0) is 14.3 Å². The minimum Gasteiger partial charge on any atom is -0.394 e. The van der Waals surface area contributed by atoms with Crippen LogP contribution >= 0.6 is 0 Å². The van der Waals surface area contributed by atoms with Crippen LogP contribution in [0.4, 0.5) is 0 Å². The number of ether oxygens (including phenoxy) is 2. The Kier molecular flexibility index (Phi) is 29.3. The Bertz CT molecular complexity index is 822. The van der Waals surface area contributed by atoms with Gasteiger partial charge >= 0.3 is 0 Å². The van der Waals surface area contributed by atoms with Gasteiger partial charge in [0.2, 0.25) is 5.91 Å². The number of unbranched alkanes of at least 4 members (excludes halogenated alkanes) is 20. The van der Waals surface area contributed by atoms with Crippen molar-refractivity contribution in [1.29, 1.82) is 0 Å². The molecule has 0 aliphatic carbocycles. The second-order valence-corrected chi connectivity index (χ2v) is 14.1. The molecule has 0 saturated carbocycles. The van der Waals surface area contributed by atoms with Crippen LogP contribution in [0.3, 0.4) is 0 Å². The van der Waals surface area contributed by atoms with Crippen molar-refractivity contribution >= 4 is 5.91 Å². The SMILES string of the molecule is CCCCCCCCCCCCCCCCCCCC/C=C/CC/C=C/C(O)C(COC1OC(CO)C(O)C(O)C1O)NC(=O)CCCC. The Morgan fingerprint density at radius 2 is 1.16 bits per heavy atom. The monoisotopic (exact) mass is 698 g/mol. The normalized spacial score (nSPS) is 22.6. The van der Waals surface area contributed by atoms with Gasteiger partial charge in [-0.1, -0.05) is 154 Å². The largest absolute Gasteiger partial charge is 0.394 e. The molecule has 1 aliphatic rings. The highest BCUT2D eigenvalue weighted by Crippen LogP contribution is 2.22. The quantitative estimate of drug-likeness (QED) is 0.0320. The molecule has 6 N–H and O–H groups in total. The molecule has 0 radical (unpaired) electrons. The summed E-state index contributed by atoms with van der Waals surface area (Å²) in [6.45, 7) is 3.50. The smallest absolute Gasteiger partial charge is 0.220 e. The van der Waals surface area contributed by atoms with Crippen LogP contribution in [0.2, 0.25) is 0 Å². The van der Waals surface area contributed by atoms with Gasteiger partial charge in [-0.05, 0) is 32.1 Å². The maximum Gasteiger partial charge on any atom is 0.220 e. The Morgan fingerprint density at radius 1 is 0.673 bits per heavy atom. The summed E-state index contributed by atoms with van der Waals surface area (Å²) in [4.78, 5) is 12.4. The van der Waals surface area contributed by atoms with Crippen molar-refractivity contribution in [2.45, 2.75) is 211 Å². The third kappa shape index (κ3) is 23.0. The van der Waals surface area contributed by atoms with Crippen molar-refractivity contribution < 1.29 is 39.8 Å². The summed E-state index contributed by atoms with van der Waals surface area (Å²) in [5.74, 6) is -0.223. The van der Waals surface area contributed by atoms with Gasteiger partial charge in [-0.15, -0.1) is 0 Å². The molecule has 1 rings (SSSR count). The summed E-state index contributed by atoms with van der Waals surface area (Å²) in [6, 6.07) is -0.812. The zero-order valence-corrected chi connectivity index (χ0v) is 31.2. The third-order valence-electron chi connectivity index (χ3n) is 9.53. The molecule has 0 spiro atoms. The van der Waals surface area contributed by atoms with Crippen LogP contribution in [0.25, 0.3) is 0 Å². The lowest BCUT2D eigenvalue weighted by Gasteiger charge is -2.40. The van der Waals surface area contributed by atoms with E-state index in [1.54, 1.807) is 6.08 Å². The molecule has 0 aromatic heterocycles. The van der Waals surface area contributed by atoms with Crippen molar-refractivity contribution in [3.05, 3.63) is 24.3 Å². The Balaban J connectivity index is 2.16. The molecule has 7 atom stereocenters. The molecule has 288 valence electrons. The zero-order chi connectivity index (χ0) is 36.0. The van der Waals surface area contributed by atoms with Crippen LogP contribution in [0.1, 0.15) is 168 Å².